The number of aliphatic hydroxyl groups is 1. The molecule has 0 aromatic rings. The second kappa shape index (κ2) is 71.6. The van der Waals surface area contributed by atoms with Crippen molar-refractivity contribution in [1.82, 2.24) is 0 Å². The first kappa shape index (κ1) is 94.2. The third kappa shape index (κ3) is 70.7. The molecular formula is C79H140O17P2. The van der Waals surface area contributed by atoms with Crippen molar-refractivity contribution >= 4 is 39.5 Å². The summed E-state index contributed by atoms with van der Waals surface area (Å²) < 4.78 is 68.4. The summed E-state index contributed by atoms with van der Waals surface area (Å²) in [5.41, 5.74) is 0. The van der Waals surface area contributed by atoms with Crippen LogP contribution in [0.2, 0.25) is 0 Å². The third-order valence-electron chi connectivity index (χ3n) is 16.3. The van der Waals surface area contributed by atoms with Crippen LogP contribution in [-0.4, -0.2) is 96.7 Å². The van der Waals surface area contributed by atoms with Crippen LogP contribution in [0, 0.1) is 0 Å². The highest BCUT2D eigenvalue weighted by atomic mass is 31.2. The van der Waals surface area contributed by atoms with Gasteiger partial charge < -0.3 is 33.8 Å². The van der Waals surface area contributed by atoms with Crippen molar-refractivity contribution in [2.45, 2.75) is 354 Å². The second-order valence-corrected chi connectivity index (χ2v) is 28.9. The van der Waals surface area contributed by atoms with Gasteiger partial charge in [0.15, 0.2) is 12.2 Å². The SMILES string of the molecule is CCCCC/C=C\C/C=C\C/C=C\C/C=C\CCCC(=O)O[C@H](COC(=O)CCCCCCC/C=C\CCCCCC)COP(=O)(O)OC[C@H](O)COP(=O)(O)OC[C@@H](COC(=O)CCCCCCC/C=C\C/C=C\CCCCC)OC(=O)CCCCCCCCCCCCCCC. The Morgan fingerprint density at radius 3 is 0.847 bits per heavy atom. The van der Waals surface area contributed by atoms with Gasteiger partial charge in [0.25, 0.3) is 0 Å². The van der Waals surface area contributed by atoms with Gasteiger partial charge in [0, 0.05) is 25.7 Å². The van der Waals surface area contributed by atoms with Crippen molar-refractivity contribution < 1.29 is 80.2 Å². The summed E-state index contributed by atoms with van der Waals surface area (Å²) in [7, 11) is -9.96. The Balaban J connectivity index is 5.39. The number of hydrogen-bond acceptors (Lipinski definition) is 15. The predicted octanol–water partition coefficient (Wildman–Crippen LogP) is 22.2. The van der Waals surface area contributed by atoms with Gasteiger partial charge in [-0.25, -0.2) is 9.13 Å². The van der Waals surface area contributed by atoms with Crippen molar-refractivity contribution in [3.05, 3.63) is 85.1 Å². The first-order chi connectivity index (χ1) is 47.7. The van der Waals surface area contributed by atoms with E-state index < -0.39 is 97.5 Å². The Morgan fingerprint density at radius 2 is 0.510 bits per heavy atom. The van der Waals surface area contributed by atoms with E-state index >= 15 is 0 Å². The molecular weight excluding hydrogens is 1280 g/mol. The molecule has 19 heteroatoms. The zero-order valence-electron chi connectivity index (χ0n) is 62.0. The number of carbonyl (C=O) groups excluding carboxylic acids is 4. The topological polar surface area (TPSA) is 237 Å². The minimum absolute atomic E-state index is 0.0190. The van der Waals surface area contributed by atoms with Crippen molar-refractivity contribution in [2.24, 2.45) is 0 Å². The first-order valence-corrected chi connectivity index (χ1v) is 41.8. The van der Waals surface area contributed by atoms with Gasteiger partial charge in [-0.15, -0.1) is 0 Å². The number of hydrogen-bond donors (Lipinski definition) is 3. The molecule has 0 saturated carbocycles. The van der Waals surface area contributed by atoms with E-state index in [-0.39, 0.29) is 25.7 Å². The van der Waals surface area contributed by atoms with E-state index in [9.17, 15) is 43.2 Å². The molecule has 0 amide bonds. The Labute approximate surface area is 595 Å². The van der Waals surface area contributed by atoms with Gasteiger partial charge in [0.2, 0.25) is 0 Å². The number of phosphoric acid groups is 2. The standard InChI is InChI=1S/C79H140O17P2/c1-5-9-13-17-21-25-29-33-35-36-38-42-46-50-54-58-62-66-79(84)96-75(69-89-76(81)63-59-55-51-47-43-39-31-27-23-19-15-11-7-3)72-94-98(87,88)92-68-73(80)67-91-97(85,86)93-71-74(95-78(83)65-61-57-53-49-45-40-32-28-24-20-16-12-8-4)70-90-77(82)64-60-56-52-48-44-41-37-34-30-26-22-18-14-10-6-2/h21-22,25-27,31,33-35,37-38,42,50,54,73-75,80H,5-20,23-24,28-30,32,36,39-41,43-49,51-53,55-72H2,1-4H3,(H,85,86)(H,87,88)/b25-21-,26-22-,31-27-,35-33-,37-34-,42-38-,54-50-/t73-,74-,75-/m1/s1. The molecule has 0 saturated heterocycles. The molecule has 0 aromatic heterocycles. The average molecular weight is 1420 g/mol. The summed E-state index contributed by atoms with van der Waals surface area (Å²) in [6.07, 6.45) is 72.9. The predicted molar refractivity (Wildman–Crippen MR) is 399 cm³/mol. The average Bonchev–Trinajstić information content (AvgIpc) is 1.02. The smallest absolute Gasteiger partial charge is 0.462 e. The highest BCUT2D eigenvalue weighted by Crippen LogP contribution is 2.45. The van der Waals surface area contributed by atoms with E-state index in [1.54, 1.807) is 0 Å². The highest BCUT2D eigenvalue weighted by Gasteiger charge is 2.30. The Kier molecular flexibility index (Phi) is 68.9. The van der Waals surface area contributed by atoms with Crippen molar-refractivity contribution in [3.63, 3.8) is 0 Å². The number of allylic oxidation sites excluding steroid dienone is 14. The molecule has 2 unspecified atom stereocenters. The van der Waals surface area contributed by atoms with Gasteiger partial charge in [-0.05, 0) is 122 Å². The lowest BCUT2D eigenvalue weighted by atomic mass is 10.0. The Bertz CT molecular complexity index is 2190. The Hall–Kier alpha value is -3.76. The maximum Gasteiger partial charge on any atom is 0.472 e. The van der Waals surface area contributed by atoms with Crippen LogP contribution in [0.5, 0.6) is 0 Å². The first-order valence-electron chi connectivity index (χ1n) is 38.8. The van der Waals surface area contributed by atoms with Gasteiger partial charge >= 0.3 is 39.5 Å². The van der Waals surface area contributed by atoms with Crippen molar-refractivity contribution in [3.8, 4) is 0 Å². The summed E-state index contributed by atoms with van der Waals surface area (Å²) in [6.45, 7) is 4.75. The number of ether oxygens (including phenoxy) is 4. The molecule has 0 radical (unpaired) electrons. The summed E-state index contributed by atoms with van der Waals surface area (Å²) >= 11 is 0. The molecule has 0 fully saturated rings. The van der Waals surface area contributed by atoms with Gasteiger partial charge in [-0.1, -0.05) is 273 Å². The summed E-state index contributed by atoms with van der Waals surface area (Å²) in [5.74, 6) is -2.25. The molecule has 98 heavy (non-hydrogen) atoms. The van der Waals surface area contributed by atoms with E-state index in [4.69, 9.17) is 37.0 Å². The van der Waals surface area contributed by atoms with Crippen LogP contribution < -0.4 is 0 Å². The maximum absolute atomic E-state index is 13.1. The molecule has 5 atom stereocenters. The zero-order chi connectivity index (χ0) is 71.8. The number of aliphatic hydroxyl groups excluding tert-OH is 1. The van der Waals surface area contributed by atoms with E-state index in [1.807, 2.05) is 12.2 Å². The van der Waals surface area contributed by atoms with E-state index in [0.717, 1.165) is 135 Å². The molecule has 0 aliphatic rings. The van der Waals surface area contributed by atoms with E-state index in [1.165, 1.54) is 116 Å². The number of rotatable bonds is 73. The minimum Gasteiger partial charge on any atom is -0.462 e. The lowest BCUT2D eigenvalue weighted by Crippen LogP contribution is -2.30. The number of esters is 4. The molecule has 0 rings (SSSR count). The van der Waals surface area contributed by atoms with Gasteiger partial charge in [0.05, 0.1) is 26.4 Å². The fraction of sp³-hybridized carbons (Fsp3) is 0.772. The quantitative estimate of drug-likeness (QED) is 0.0169. The Morgan fingerprint density at radius 1 is 0.286 bits per heavy atom. The summed E-state index contributed by atoms with van der Waals surface area (Å²) in [5, 5.41) is 10.6. The second-order valence-electron chi connectivity index (χ2n) is 25.9. The minimum atomic E-state index is -4.99. The largest absolute Gasteiger partial charge is 0.472 e. The fourth-order valence-electron chi connectivity index (χ4n) is 10.4. The van der Waals surface area contributed by atoms with Crippen molar-refractivity contribution in [2.75, 3.05) is 39.6 Å². The van der Waals surface area contributed by atoms with Crippen LogP contribution >= 0.6 is 15.6 Å². The molecule has 0 aliphatic carbocycles. The zero-order valence-corrected chi connectivity index (χ0v) is 63.7. The molecule has 0 heterocycles. The number of phosphoric ester groups is 2. The molecule has 0 aromatic carbocycles. The molecule has 0 spiro atoms. The van der Waals surface area contributed by atoms with Crippen LogP contribution in [0.25, 0.3) is 0 Å². The van der Waals surface area contributed by atoms with Gasteiger partial charge in [0.1, 0.15) is 19.3 Å². The van der Waals surface area contributed by atoms with Gasteiger partial charge in [-0.3, -0.25) is 37.3 Å². The maximum atomic E-state index is 13.1. The fourth-order valence-corrected chi connectivity index (χ4v) is 11.9. The molecule has 0 bridgehead atoms. The van der Waals surface area contributed by atoms with Crippen LogP contribution in [-0.2, 0) is 65.4 Å². The molecule has 3 N–H and O–H groups in total. The summed E-state index contributed by atoms with van der Waals surface area (Å²) in [4.78, 5) is 72.8. The van der Waals surface area contributed by atoms with E-state index in [0.29, 0.717) is 32.1 Å². The number of carbonyl (C=O) groups is 4. The van der Waals surface area contributed by atoms with E-state index in [2.05, 4.69) is 101 Å². The number of unbranched alkanes of at least 4 members (excludes halogenated alkanes) is 33. The van der Waals surface area contributed by atoms with Gasteiger partial charge in [-0.2, -0.15) is 0 Å². The third-order valence-corrected chi connectivity index (χ3v) is 18.2. The van der Waals surface area contributed by atoms with Crippen LogP contribution in [0.3, 0.4) is 0 Å². The molecule has 17 nitrogen and oxygen atoms in total. The monoisotopic (exact) mass is 1420 g/mol. The molecule has 0 aliphatic heterocycles. The normalized spacial score (nSPS) is 14.4. The van der Waals surface area contributed by atoms with Crippen LogP contribution in [0.1, 0.15) is 336 Å². The lowest BCUT2D eigenvalue weighted by molar-refractivity contribution is -0.161. The van der Waals surface area contributed by atoms with Crippen LogP contribution in [0.4, 0.5) is 0 Å². The highest BCUT2D eigenvalue weighted by molar-refractivity contribution is 7.47. The van der Waals surface area contributed by atoms with Crippen molar-refractivity contribution in [1.29, 1.82) is 0 Å². The summed E-state index contributed by atoms with van der Waals surface area (Å²) in [6, 6.07) is 0. The van der Waals surface area contributed by atoms with Crippen LogP contribution in [0.15, 0.2) is 85.1 Å². The lowest BCUT2D eigenvalue weighted by Gasteiger charge is -2.21. The molecule has 568 valence electrons.